The Morgan fingerprint density at radius 2 is 2.06 bits per heavy atom. The third-order valence-corrected chi connectivity index (χ3v) is 6.58. The van der Waals surface area contributed by atoms with Crippen LogP contribution in [0.25, 0.3) is 0 Å². The highest BCUT2D eigenvalue weighted by Gasteiger charge is 2.41. The van der Waals surface area contributed by atoms with E-state index < -0.39 is 18.2 Å². The maximum Gasteiger partial charge on any atom is 0.303 e. The number of rotatable bonds is 14. The zero-order valence-corrected chi connectivity index (χ0v) is 19.2. The number of hydrogen-bond acceptors (Lipinski definition) is 4. The number of aliphatic hydroxyl groups is 2. The van der Waals surface area contributed by atoms with E-state index in [-0.39, 0.29) is 23.6 Å². The van der Waals surface area contributed by atoms with Crippen molar-refractivity contribution in [3.8, 4) is 5.75 Å². The van der Waals surface area contributed by atoms with Crippen molar-refractivity contribution in [1.29, 1.82) is 0 Å². The second-order valence-corrected chi connectivity index (χ2v) is 9.10. The van der Waals surface area contributed by atoms with E-state index in [1.54, 1.807) is 0 Å². The fourth-order valence-corrected chi connectivity index (χ4v) is 4.66. The van der Waals surface area contributed by atoms with Gasteiger partial charge >= 0.3 is 5.97 Å². The molecule has 1 aromatic rings. The molecular formula is C25H37ClO5. The summed E-state index contributed by atoms with van der Waals surface area (Å²) in [5.74, 6) is -0.0392. The van der Waals surface area contributed by atoms with E-state index in [0.717, 1.165) is 44.1 Å². The molecule has 0 amide bonds. The Balaban J connectivity index is 1.87. The van der Waals surface area contributed by atoms with Gasteiger partial charge in [0, 0.05) is 17.7 Å². The number of halogens is 1. The van der Waals surface area contributed by atoms with E-state index in [4.69, 9.17) is 21.4 Å². The van der Waals surface area contributed by atoms with Crippen LogP contribution >= 0.6 is 11.6 Å². The number of benzene rings is 1. The minimum atomic E-state index is -0.775. The second kappa shape index (κ2) is 13.8. The summed E-state index contributed by atoms with van der Waals surface area (Å²) in [6.45, 7) is 2.52. The highest BCUT2D eigenvalue weighted by atomic mass is 35.5. The van der Waals surface area contributed by atoms with Gasteiger partial charge in [0.2, 0.25) is 0 Å². The second-order valence-electron chi connectivity index (χ2n) is 8.53. The van der Waals surface area contributed by atoms with Crippen molar-refractivity contribution in [2.75, 3.05) is 6.61 Å². The van der Waals surface area contributed by atoms with Crippen LogP contribution in [0.15, 0.2) is 36.4 Å². The highest BCUT2D eigenvalue weighted by Crippen LogP contribution is 2.39. The quantitative estimate of drug-likeness (QED) is 0.197. The molecule has 1 aliphatic carbocycles. The standard InChI is InChI=1S/C25H37ClO5/c1-2-3-6-13-23(27)18-10-9-11-19(15-18)31-17-21-20(22(26)16-24(21)28)12-7-4-5-8-14-25(29)30/h4,7,9-11,15,20-24,27-28H,2-3,5-6,8,12-14,16-17H2,1H3,(H,29,30)/t20-,21-,22-,23?,24-/m1/s1. The molecule has 1 saturated carbocycles. The van der Waals surface area contributed by atoms with Crippen molar-refractivity contribution < 1.29 is 24.9 Å². The molecule has 1 aliphatic rings. The Bertz CT molecular complexity index is 692. The number of aliphatic carboxylic acids is 1. The Hall–Kier alpha value is -1.56. The largest absolute Gasteiger partial charge is 0.493 e. The van der Waals surface area contributed by atoms with Crippen molar-refractivity contribution >= 4 is 17.6 Å². The van der Waals surface area contributed by atoms with Gasteiger partial charge in [-0.05, 0) is 55.7 Å². The lowest BCUT2D eigenvalue weighted by molar-refractivity contribution is -0.137. The van der Waals surface area contributed by atoms with Crippen molar-refractivity contribution in [1.82, 2.24) is 0 Å². The number of ether oxygens (including phenoxy) is 1. The molecule has 31 heavy (non-hydrogen) atoms. The first-order valence-corrected chi connectivity index (χ1v) is 12.0. The molecule has 1 aromatic carbocycles. The molecule has 5 atom stereocenters. The van der Waals surface area contributed by atoms with Gasteiger partial charge in [0.25, 0.3) is 0 Å². The molecule has 0 bridgehead atoms. The van der Waals surface area contributed by atoms with Crippen LogP contribution in [0, 0.1) is 11.8 Å². The normalized spacial score (nSPS) is 24.5. The van der Waals surface area contributed by atoms with Crippen molar-refractivity contribution in [3.05, 3.63) is 42.0 Å². The molecule has 1 unspecified atom stereocenters. The number of allylic oxidation sites excluding steroid dienone is 2. The van der Waals surface area contributed by atoms with Gasteiger partial charge in [0.15, 0.2) is 0 Å². The van der Waals surface area contributed by atoms with E-state index in [1.165, 1.54) is 0 Å². The molecule has 174 valence electrons. The first-order valence-electron chi connectivity index (χ1n) is 11.5. The summed E-state index contributed by atoms with van der Waals surface area (Å²) in [6, 6.07) is 7.56. The van der Waals surface area contributed by atoms with E-state index in [0.29, 0.717) is 25.2 Å². The number of hydrogen-bond donors (Lipinski definition) is 3. The molecular weight excluding hydrogens is 416 g/mol. The van der Waals surface area contributed by atoms with Crippen molar-refractivity contribution in [2.45, 2.75) is 82.3 Å². The Morgan fingerprint density at radius 3 is 2.81 bits per heavy atom. The van der Waals surface area contributed by atoms with Crippen LogP contribution in [0.5, 0.6) is 5.75 Å². The molecule has 6 heteroatoms. The van der Waals surface area contributed by atoms with Crippen LogP contribution in [0.2, 0.25) is 0 Å². The molecule has 1 fully saturated rings. The Labute approximate surface area is 191 Å². The molecule has 0 aromatic heterocycles. The SMILES string of the molecule is CCCCCC(O)c1cccc(OC[C@@H]2[C@@H](CC=CCCCC(=O)O)[C@H](Cl)C[C@H]2O)c1. The van der Waals surface area contributed by atoms with Crippen LogP contribution in [0.1, 0.15) is 76.4 Å². The van der Waals surface area contributed by atoms with Crippen LogP contribution in [-0.4, -0.2) is 39.4 Å². The molecule has 0 heterocycles. The number of aliphatic hydroxyl groups excluding tert-OH is 2. The van der Waals surface area contributed by atoms with Gasteiger partial charge in [-0.2, -0.15) is 0 Å². The van der Waals surface area contributed by atoms with Gasteiger partial charge in [-0.15, -0.1) is 11.6 Å². The number of carbonyl (C=O) groups is 1. The zero-order valence-electron chi connectivity index (χ0n) is 18.5. The minimum absolute atomic E-state index is 0.0655. The number of carboxylic acids is 1. The van der Waals surface area contributed by atoms with E-state index in [2.05, 4.69) is 6.92 Å². The van der Waals surface area contributed by atoms with Gasteiger partial charge < -0.3 is 20.1 Å². The first kappa shape index (κ1) is 25.7. The van der Waals surface area contributed by atoms with E-state index >= 15 is 0 Å². The summed E-state index contributed by atoms with van der Waals surface area (Å²) in [6.07, 6.45) is 9.83. The van der Waals surface area contributed by atoms with Gasteiger partial charge in [-0.25, -0.2) is 0 Å². The third kappa shape index (κ3) is 8.83. The van der Waals surface area contributed by atoms with Crippen molar-refractivity contribution in [3.63, 3.8) is 0 Å². The molecule has 2 rings (SSSR count). The van der Waals surface area contributed by atoms with Gasteiger partial charge in [0.05, 0.1) is 18.8 Å². The Morgan fingerprint density at radius 1 is 1.26 bits per heavy atom. The molecule has 0 saturated heterocycles. The molecule has 5 nitrogen and oxygen atoms in total. The highest BCUT2D eigenvalue weighted by molar-refractivity contribution is 6.21. The number of unbranched alkanes of at least 4 members (excludes halogenated alkanes) is 3. The lowest BCUT2D eigenvalue weighted by Crippen LogP contribution is -2.27. The smallest absolute Gasteiger partial charge is 0.303 e. The lowest BCUT2D eigenvalue weighted by Gasteiger charge is -2.23. The summed E-state index contributed by atoms with van der Waals surface area (Å²) in [5.41, 5.74) is 0.858. The molecule has 3 N–H and O–H groups in total. The summed E-state index contributed by atoms with van der Waals surface area (Å²) in [4.78, 5) is 10.6. The summed E-state index contributed by atoms with van der Waals surface area (Å²) in [5, 5.41) is 29.5. The maximum absolute atomic E-state index is 10.6. The van der Waals surface area contributed by atoms with Gasteiger partial charge in [-0.1, -0.05) is 50.5 Å². The topological polar surface area (TPSA) is 87.0 Å². The minimum Gasteiger partial charge on any atom is -0.493 e. The average Bonchev–Trinajstić information content (AvgIpc) is 3.01. The molecule has 0 spiro atoms. The van der Waals surface area contributed by atoms with Crippen molar-refractivity contribution in [2.24, 2.45) is 11.8 Å². The summed E-state index contributed by atoms with van der Waals surface area (Å²) < 4.78 is 6.01. The number of alkyl halides is 1. The Kier molecular flexibility index (Phi) is 11.4. The molecule has 0 radical (unpaired) electrons. The van der Waals surface area contributed by atoms with Crippen LogP contribution < -0.4 is 4.74 Å². The fraction of sp³-hybridized carbons (Fsp3) is 0.640. The molecule has 0 aliphatic heterocycles. The van der Waals surface area contributed by atoms with E-state index in [1.807, 2.05) is 36.4 Å². The van der Waals surface area contributed by atoms with Crippen LogP contribution in [0.3, 0.4) is 0 Å². The zero-order chi connectivity index (χ0) is 22.6. The summed E-state index contributed by atoms with van der Waals surface area (Å²) in [7, 11) is 0. The van der Waals surface area contributed by atoms with Crippen LogP contribution in [-0.2, 0) is 4.79 Å². The van der Waals surface area contributed by atoms with Crippen LogP contribution in [0.4, 0.5) is 0 Å². The monoisotopic (exact) mass is 452 g/mol. The lowest BCUT2D eigenvalue weighted by atomic mass is 9.92. The predicted octanol–water partition coefficient (Wildman–Crippen LogP) is 5.48. The summed E-state index contributed by atoms with van der Waals surface area (Å²) >= 11 is 6.50. The first-order chi connectivity index (χ1) is 14.9. The fourth-order valence-electron chi connectivity index (χ4n) is 4.19. The third-order valence-electron chi connectivity index (χ3n) is 6.08. The predicted molar refractivity (Wildman–Crippen MR) is 124 cm³/mol. The van der Waals surface area contributed by atoms with Gasteiger partial charge in [0.1, 0.15) is 5.75 Å². The van der Waals surface area contributed by atoms with E-state index in [9.17, 15) is 15.0 Å². The average molecular weight is 453 g/mol. The van der Waals surface area contributed by atoms with Gasteiger partial charge in [-0.3, -0.25) is 4.79 Å². The maximum atomic E-state index is 10.6. The number of carboxylic acid groups (broad SMARTS) is 1.